The second-order valence-electron chi connectivity index (χ2n) is 14.7. The highest BCUT2D eigenvalue weighted by atomic mass is 35.5. The zero-order valence-corrected chi connectivity index (χ0v) is 34.6. The van der Waals surface area contributed by atoms with Crippen LogP contribution in [0.4, 0.5) is 30.5 Å². The number of aromatic nitrogens is 5. The molecule has 1 N–H and O–H groups in total. The van der Waals surface area contributed by atoms with Gasteiger partial charge in [0.05, 0.1) is 59.7 Å². The number of rotatable bonds is 13. The number of ether oxygens (including phenoxy) is 3. The van der Waals surface area contributed by atoms with E-state index in [4.69, 9.17) is 35.8 Å². The molecule has 4 aromatic heterocycles. The van der Waals surface area contributed by atoms with Crippen LogP contribution in [0.2, 0.25) is 5.02 Å². The van der Waals surface area contributed by atoms with Crippen LogP contribution in [0.15, 0.2) is 110 Å². The number of alkyl halides is 3. The first-order chi connectivity index (χ1) is 29.5. The standard InChI is InChI=1S/C46H42ClF3N8O3/c1-28-18-39(57(25-30-7-11-35(59-3)12-8-30)26-31-9-13-36(60-4)14-10-31)56-43(41(28)46(48,49)50)37-20-38-40-44(42(37)47)61-17-16-58(45(40)55-27-54-38)29(2)33-19-34(24-52-23-33)53-22-32-6-5-15-51-21-32/h5-15,18-21,23-24,27,29,53H,16-17,22,25-26H2,1-4H3/t29-/m1/s1. The summed E-state index contributed by atoms with van der Waals surface area (Å²) in [6.07, 6.45) is 3.73. The normalized spacial score (nSPS) is 13.0. The van der Waals surface area contributed by atoms with E-state index in [1.807, 2.05) is 78.6 Å². The van der Waals surface area contributed by atoms with Crippen molar-refractivity contribution >= 4 is 39.8 Å². The highest BCUT2D eigenvalue weighted by Gasteiger charge is 2.39. The Morgan fingerprint density at radius 2 is 1.59 bits per heavy atom. The highest BCUT2D eigenvalue weighted by Crippen LogP contribution is 2.49. The Balaban J connectivity index is 1.20. The maximum absolute atomic E-state index is 15.2. The first-order valence-electron chi connectivity index (χ1n) is 19.5. The van der Waals surface area contributed by atoms with E-state index < -0.39 is 11.7 Å². The Labute approximate surface area is 356 Å². The van der Waals surface area contributed by atoms with Gasteiger partial charge in [0, 0.05) is 50.0 Å². The van der Waals surface area contributed by atoms with Crippen molar-refractivity contribution in [2.24, 2.45) is 0 Å². The van der Waals surface area contributed by atoms with E-state index in [0.717, 1.165) is 27.9 Å². The van der Waals surface area contributed by atoms with Crippen molar-refractivity contribution in [1.82, 2.24) is 24.9 Å². The third-order valence-corrected chi connectivity index (χ3v) is 11.1. The summed E-state index contributed by atoms with van der Waals surface area (Å²) in [6.45, 7) is 5.27. The van der Waals surface area contributed by atoms with Crippen LogP contribution in [0.3, 0.4) is 0 Å². The maximum atomic E-state index is 15.2. The molecule has 0 spiro atoms. The van der Waals surface area contributed by atoms with Crippen LogP contribution in [0.25, 0.3) is 22.2 Å². The molecular formula is C46H42ClF3N8O3. The number of nitrogens with zero attached hydrogens (tertiary/aromatic N) is 7. The Kier molecular flexibility index (Phi) is 11.8. The molecule has 0 saturated heterocycles. The summed E-state index contributed by atoms with van der Waals surface area (Å²) in [6, 6.07) is 23.7. The average molecular weight is 847 g/mol. The molecule has 0 unspecified atom stereocenters. The average Bonchev–Trinajstić information content (AvgIpc) is 3.47. The molecule has 312 valence electrons. The van der Waals surface area contributed by atoms with Gasteiger partial charge in [-0.2, -0.15) is 13.2 Å². The largest absolute Gasteiger partial charge is 0.497 e. The molecule has 3 aromatic carbocycles. The smallest absolute Gasteiger partial charge is 0.418 e. The van der Waals surface area contributed by atoms with Crippen molar-refractivity contribution in [3.63, 3.8) is 0 Å². The number of methoxy groups -OCH3 is 2. The number of pyridine rings is 3. The van der Waals surface area contributed by atoms with Crippen LogP contribution in [0.5, 0.6) is 17.2 Å². The molecule has 1 aliphatic heterocycles. The van der Waals surface area contributed by atoms with E-state index in [1.54, 1.807) is 45.1 Å². The molecule has 11 nitrogen and oxygen atoms in total. The molecule has 0 fully saturated rings. The molecule has 61 heavy (non-hydrogen) atoms. The molecule has 0 bridgehead atoms. The van der Waals surface area contributed by atoms with Gasteiger partial charge < -0.3 is 29.3 Å². The molecule has 5 heterocycles. The van der Waals surface area contributed by atoms with Crippen molar-refractivity contribution in [2.45, 2.75) is 45.7 Å². The lowest BCUT2D eigenvalue weighted by molar-refractivity contribution is -0.137. The lowest BCUT2D eigenvalue weighted by Gasteiger charge is -2.29. The monoisotopic (exact) mass is 846 g/mol. The van der Waals surface area contributed by atoms with Gasteiger partial charge in [-0.3, -0.25) is 9.97 Å². The van der Waals surface area contributed by atoms with Crippen LogP contribution >= 0.6 is 11.6 Å². The summed E-state index contributed by atoms with van der Waals surface area (Å²) in [7, 11) is 3.18. The number of anilines is 3. The molecule has 0 amide bonds. The predicted molar refractivity (Wildman–Crippen MR) is 230 cm³/mol. The van der Waals surface area contributed by atoms with E-state index in [-0.39, 0.29) is 40.2 Å². The molecule has 0 saturated carbocycles. The number of aryl methyl sites for hydroxylation is 1. The Morgan fingerprint density at radius 3 is 2.23 bits per heavy atom. The molecule has 7 aromatic rings. The van der Waals surface area contributed by atoms with Crippen molar-refractivity contribution in [1.29, 1.82) is 0 Å². The molecule has 8 rings (SSSR count). The second-order valence-corrected chi connectivity index (χ2v) is 15.0. The minimum absolute atomic E-state index is 0.0148. The van der Waals surface area contributed by atoms with E-state index in [2.05, 4.69) is 25.2 Å². The summed E-state index contributed by atoms with van der Waals surface area (Å²) in [4.78, 5) is 26.7. The number of hydrogen-bond acceptors (Lipinski definition) is 11. The fourth-order valence-corrected chi connectivity index (χ4v) is 7.86. The molecule has 0 radical (unpaired) electrons. The predicted octanol–water partition coefficient (Wildman–Crippen LogP) is 10.3. The van der Waals surface area contributed by atoms with Crippen molar-refractivity contribution < 1.29 is 27.4 Å². The third kappa shape index (κ3) is 8.80. The van der Waals surface area contributed by atoms with Crippen molar-refractivity contribution in [2.75, 3.05) is 42.5 Å². The van der Waals surface area contributed by atoms with E-state index in [0.29, 0.717) is 60.2 Å². The van der Waals surface area contributed by atoms with Crippen molar-refractivity contribution in [3.8, 4) is 28.5 Å². The lowest BCUT2D eigenvalue weighted by atomic mass is 9.98. The quantitative estimate of drug-likeness (QED) is 0.120. The van der Waals surface area contributed by atoms with Crippen LogP contribution in [-0.2, 0) is 25.8 Å². The lowest BCUT2D eigenvalue weighted by Crippen LogP contribution is -2.31. The van der Waals surface area contributed by atoms with Crippen LogP contribution in [-0.4, -0.2) is 52.3 Å². The number of hydrogen-bond donors (Lipinski definition) is 1. The fourth-order valence-electron chi connectivity index (χ4n) is 7.56. The topological polar surface area (TPSA) is 111 Å². The van der Waals surface area contributed by atoms with Crippen LogP contribution in [0.1, 0.15) is 46.3 Å². The second kappa shape index (κ2) is 17.5. The summed E-state index contributed by atoms with van der Waals surface area (Å²) >= 11 is 7.21. The number of nitrogens with one attached hydrogen (secondary N) is 1. The summed E-state index contributed by atoms with van der Waals surface area (Å²) in [5.74, 6) is 2.42. The maximum Gasteiger partial charge on any atom is 0.418 e. The zero-order chi connectivity index (χ0) is 42.7. The zero-order valence-electron chi connectivity index (χ0n) is 33.9. The molecule has 1 atom stereocenters. The SMILES string of the molecule is COc1ccc(CN(Cc2ccc(OC)cc2)c2cc(C)c(C(F)(F)F)c(-c3cc4ncnc5c4c(c3Cl)OCCN5[C@H](C)c3cncc(NCc4cccnc4)c3)n2)cc1. The van der Waals surface area contributed by atoms with Gasteiger partial charge in [0.2, 0.25) is 0 Å². The van der Waals surface area contributed by atoms with Gasteiger partial charge in [0.15, 0.2) is 5.75 Å². The fraction of sp³-hybridized carbons (Fsp3) is 0.239. The van der Waals surface area contributed by atoms with Gasteiger partial charge in [-0.15, -0.1) is 0 Å². The van der Waals surface area contributed by atoms with E-state index in [1.165, 1.54) is 19.3 Å². The van der Waals surface area contributed by atoms with E-state index >= 15 is 13.2 Å². The summed E-state index contributed by atoms with van der Waals surface area (Å²) in [5.41, 5.74) is 3.72. The van der Waals surface area contributed by atoms with Gasteiger partial charge in [-0.1, -0.05) is 41.9 Å². The number of benzene rings is 3. The van der Waals surface area contributed by atoms with Gasteiger partial charge in [-0.25, -0.2) is 15.0 Å². The van der Waals surface area contributed by atoms with E-state index in [9.17, 15) is 0 Å². The molecular weight excluding hydrogens is 805 g/mol. The van der Waals surface area contributed by atoms with Crippen LogP contribution < -0.4 is 29.3 Å². The first kappa shape index (κ1) is 41.1. The minimum atomic E-state index is -4.77. The van der Waals surface area contributed by atoms with Gasteiger partial charge in [0.1, 0.15) is 36.1 Å². The molecule has 15 heteroatoms. The number of halogens is 4. The first-order valence-corrected chi connectivity index (χ1v) is 19.9. The third-order valence-electron chi connectivity index (χ3n) is 10.7. The van der Waals surface area contributed by atoms with Crippen molar-refractivity contribution in [3.05, 3.63) is 148 Å². The van der Waals surface area contributed by atoms with Gasteiger partial charge >= 0.3 is 6.18 Å². The van der Waals surface area contributed by atoms with Gasteiger partial charge in [0.25, 0.3) is 0 Å². The van der Waals surface area contributed by atoms with Gasteiger partial charge in [-0.05, 0) is 90.2 Å². The Morgan fingerprint density at radius 1 is 0.885 bits per heavy atom. The van der Waals surface area contributed by atoms with Crippen LogP contribution in [0, 0.1) is 6.92 Å². The minimum Gasteiger partial charge on any atom is -0.497 e. The summed E-state index contributed by atoms with van der Waals surface area (Å²) < 4.78 is 62.7. The highest BCUT2D eigenvalue weighted by molar-refractivity contribution is 6.36. The summed E-state index contributed by atoms with van der Waals surface area (Å²) in [5, 5.41) is 3.88. The molecule has 0 aliphatic carbocycles. The Bertz CT molecular complexity index is 2600. The molecule has 1 aliphatic rings. The Hall–Kier alpha value is -6.67.